The van der Waals surface area contributed by atoms with Crippen LogP contribution in [0.25, 0.3) is 23.2 Å². The van der Waals surface area contributed by atoms with Crippen molar-refractivity contribution in [1.29, 1.82) is 0 Å². The maximum Gasteiger partial charge on any atom is 0.134 e. The molecule has 0 bridgehead atoms. The lowest BCUT2D eigenvalue weighted by Gasteiger charge is -2.15. The molecule has 0 saturated carbocycles. The van der Waals surface area contributed by atoms with Crippen LogP contribution in [-0.4, -0.2) is 9.55 Å². The summed E-state index contributed by atoms with van der Waals surface area (Å²) in [5.74, 6) is 1.82. The van der Waals surface area contributed by atoms with Gasteiger partial charge < -0.3 is 8.98 Å². The van der Waals surface area contributed by atoms with Gasteiger partial charge >= 0.3 is 0 Å². The van der Waals surface area contributed by atoms with Gasteiger partial charge in [-0.15, -0.1) is 0 Å². The Balaban J connectivity index is 2.06. The topological polar surface area (TPSA) is 31.0 Å². The minimum absolute atomic E-state index is 0.429. The third-order valence-corrected chi connectivity index (χ3v) is 3.71. The fourth-order valence-corrected chi connectivity index (χ4v) is 2.73. The quantitative estimate of drug-likeness (QED) is 0.646. The van der Waals surface area contributed by atoms with Crippen LogP contribution in [0.3, 0.4) is 0 Å². The molecule has 0 fully saturated rings. The monoisotopic (exact) mass is 280 g/mol. The van der Waals surface area contributed by atoms with Gasteiger partial charge in [0.25, 0.3) is 0 Å². The molecule has 1 atom stereocenters. The van der Waals surface area contributed by atoms with Crippen LogP contribution in [0.2, 0.25) is 0 Å². The largest absolute Gasteiger partial charge is 0.465 e. The van der Waals surface area contributed by atoms with Gasteiger partial charge in [0.05, 0.1) is 17.3 Å². The molecule has 3 nitrogen and oxygen atoms in total. The highest BCUT2D eigenvalue weighted by atomic mass is 16.3. The second-order valence-corrected chi connectivity index (χ2v) is 5.32. The van der Waals surface area contributed by atoms with Crippen LogP contribution < -0.4 is 0 Å². The summed E-state index contributed by atoms with van der Waals surface area (Å²) in [6.07, 6.45) is 7.99. The van der Waals surface area contributed by atoms with Gasteiger partial charge in [-0.25, -0.2) is 4.98 Å². The van der Waals surface area contributed by atoms with E-state index in [1.807, 2.05) is 30.4 Å². The number of hydrogen-bond donors (Lipinski definition) is 0. The standard InChI is InChI=1S/C18H20N2O/c1-3-7-14(2)20-17-10-5-4-9-16(17)19-18(20)12-11-15-8-6-13-21-15/h4-6,8-14H,3,7H2,1-2H3/b12-11+/t14-/m0/s1. The average Bonchev–Trinajstić information content (AvgIpc) is 3.12. The fraction of sp³-hybridized carbons (Fsp3) is 0.278. The van der Waals surface area contributed by atoms with Crippen molar-refractivity contribution < 1.29 is 4.42 Å². The number of nitrogens with zero attached hydrogens (tertiary/aromatic N) is 2. The molecule has 1 aromatic carbocycles. The molecule has 3 aromatic rings. The van der Waals surface area contributed by atoms with Crippen LogP contribution in [0.15, 0.2) is 47.1 Å². The van der Waals surface area contributed by atoms with Gasteiger partial charge in [-0.3, -0.25) is 0 Å². The van der Waals surface area contributed by atoms with Crippen molar-refractivity contribution >= 4 is 23.2 Å². The second kappa shape index (κ2) is 6.00. The number of fused-ring (bicyclic) bond motifs is 1. The van der Waals surface area contributed by atoms with Gasteiger partial charge in [0.2, 0.25) is 0 Å². The molecule has 0 spiro atoms. The molecule has 2 heterocycles. The second-order valence-electron chi connectivity index (χ2n) is 5.32. The van der Waals surface area contributed by atoms with Crippen molar-refractivity contribution in [2.75, 3.05) is 0 Å². The highest BCUT2D eigenvalue weighted by Crippen LogP contribution is 2.25. The minimum Gasteiger partial charge on any atom is -0.465 e. The van der Waals surface area contributed by atoms with Crippen LogP contribution in [0.4, 0.5) is 0 Å². The Hall–Kier alpha value is -2.29. The summed E-state index contributed by atoms with van der Waals surface area (Å²) in [5, 5.41) is 0. The van der Waals surface area contributed by atoms with E-state index < -0.39 is 0 Å². The summed E-state index contributed by atoms with van der Waals surface area (Å²) >= 11 is 0. The highest BCUT2D eigenvalue weighted by molar-refractivity contribution is 5.79. The molecule has 0 N–H and O–H groups in total. The van der Waals surface area contributed by atoms with Crippen LogP contribution in [0, 0.1) is 0 Å². The van der Waals surface area contributed by atoms with Crippen molar-refractivity contribution in [1.82, 2.24) is 9.55 Å². The maximum absolute atomic E-state index is 5.35. The summed E-state index contributed by atoms with van der Waals surface area (Å²) in [7, 11) is 0. The first-order valence-corrected chi connectivity index (χ1v) is 7.48. The molecule has 3 rings (SSSR count). The van der Waals surface area contributed by atoms with Gasteiger partial charge in [-0.05, 0) is 49.8 Å². The van der Waals surface area contributed by atoms with Gasteiger partial charge in [0.1, 0.15) is 11.6 Å². The van der Waals surface area contributed by atoms with Gasteiger partial charge in [0, 0.05) is 6.04 Å². The van der Waals surface area contributed by atoms with Crippen LogP contribution in [0.5, 0.6) is 0 Å². The van der Waals surface area contributed by atoms with Crippen molar-refractivity contribution in [3.8, 4) is 0 Å². The Morgan fingerprint density at radius 2 is 2.05 bits per heavy atom. The Bertz CT molecular complexity index is 738. The minimum atomic E-state index is 0.429. The van der Waals surface area contributed by atoms with Crippen molar-refractivity contribution in [3.05, 3.63) is 54.2 Å². The Morgan fingerprint density at radius 1 is 1.19 bits per heavy atom. The molecular weight excluding hydrogens is 260 g/mol. The Kier molecular flexibility index (Phi) is 3.91. The van der Waals surface area contributed by atoms with Gasteiger partial charge in [0.15, 0.2) is 0 Å². The summed E-state index contributed by atoms with van der Waals surface area (Å²) in [6.45, 7) is 4.47. The molecule has 0 aliphatic heterocycles. The SMILES string of the molecule is CCC[C@H](C)n1c(/C=C/c2ccco2)nc2ccccc21. The summed E-state index contributed by atoms with van der Waals surface area (Å²) in [6, 6.07) is 12.6. The zero-order valence-corrected chi connectivity index (χ0v) is 12.5. The molecule has 2 aromatic heterocycles. The molecule has 0 amide bonds. The summed E-state index contributed by atoms with van der Waals surface area (Å²) in [4.78, 5) is 4.75. The van der Waals surface area contributed by atoms with E-state index in [0.717, 1.165) is 29.9 Å². The van der Waals surface area contributed by atoms with E-state index in [9.17, 15) is 0 Å². The van der Waals surface area contributed by atoms with Crippen LogP contribution in [0.1, 0.15) is 44.3 Å². The van der Waals surface area contributed by atoms with E-state index >= 15 is 0 Å². The molecule has 0 unspecified atom stereocenters. The zero-order valence-electron chi connectivity index (χ0n) is 12.5. The van der Waals surface area contributed by atoms with Crippen LogP contribution >= 0.6 is 0 Å². The number of furan rings is 1. The molecule has 21 heavy (non-hydrogen) atoms. The first-order chi connectivity index (χ1) is 10.3. The zero-order chi connectivity index (χ0) is 14.7. The summed E-state index contributed by atoms with van der Waals surface area (Å²) in [5.41, 5.74) is 2.23. The number of aromatic nitrogens is 2. The number of rotatable bonds is 5. The molecule has 0 aliphatic carbocycles. The third kappa shape index (κ3) is 2.77. The number of imidazole rings is 1. The predicted molar refractivity (Wildman–Crippen MR) is 87.0 cm³/mol. The van der Waals surface area contributed by atoms with E-state index in [-0.39, 0.29) is 0 Å². The lowest BCUT2D eigenvalue weighted by molar-refractivity contribution is 0.509. The molecule has 3 heteroatoms. The normalized spacial score (nSPS) is 13.2. The van der Waals surface area contributed by atoms with E-state index in [4.69, 9.17) is 9.40 Å². The predicted octanol–water partition coefficient (Wildman–Crippen LogP) is 5.16. The van der Waals surface area contributed by atoms with E-state index in [2.05, 4.69) is 36.6 Å². The lowest BCUT2D eigenvalue weighted by atomic mass is 10.2. The van der Waals surface area contributed by atoms with Crippen molar-refractivity contribution in [2.45, 2.75) is 32.7 Å². The maximum atomic E-state index is 5.35. The average molecular weight is 280 g/mol. The van der Waals surface area contributed by atoms with Gasteiger partial charge in [-0.1, -0.05) is 25.5 Å². The van der Waals surface area contributed by atoms with E-state index in [1.54, 1.807) is 6.26 Å². The van der Waals surface area contributed by atoms with Gasteiger partial charge in [-0.2, -0.15) is 0 Å². The first-order valence-electron chi connectivity index (χ1n) is 7.48. The Labute approximate surface area is 124 Å². The molecule has 108 valence electrons. The van der Waals surface area contributed by atoms with Crippen LogP contribution in [-0.2, 0) is 0 Å². The number of para-hydroxylation sites is 2. The van der Waals surface area contributed by atoms with Crippen molar-refractivity contribution in [3.63, 3.8) is 0 Å². The van der Waals surface area contributed by atoms with Crippen molar-refractivity contribution in [2.24, 2.45) is 0 Å². The van der Waals surface area contributed by atoms with E-state index in [0.29, 0.717) is 6.04 Å². The first kappa shape index (κ1) is 13.7. The lowest BCUT2D eigenvalue weighted by Crippen LogP contribution is -2.06. The third-order valence-electron chi connectivity index (χ3n) is 3.71. The fourth-order valence-electron chi connectivity index (χ4n) is 2.73. The summed E-state index contributed by atoms with van der Waals surface area (Å²) < 4.78 is 7.67. The smallest absolute Gasteiger partial charge is 0.134 e. The number of benzene rings is 1. The molecule has 0 saturated heterocycles. The molecular formula is C18H20N2O. The highest BCUT2D eigenvalue weighted by Gasteiger charge is 2.13. The Morgan fingerprint density at radius 3 is 2.81 bits per heavy atom. The molecule has 0 aliphatic rings. The molecule has 0 radical (unpaired) electrons. The van der Waals surface area contributed by atoms with E-state index in [1.165, 1.54) is 5.52 Å². The number of hydrogen-bond acceptors (Lipinski definition) is 2.